The van der Waals surface area contributed by atoms with Crippen LogP contribution in [0.1, 0.15) is 32.0 Å². The van der Waals surface area contributed by atoms with E-state index in [2.05, 4.69) is 10.5 Å². The third-order valence-corrected chi connectivity index (χ3v) is 2.77. The molecule has 19 heavy (non-hydrogen) atoms. The average Bonchev–Trinajstić information content (AvgIpc) is 2.77. The van der Waals surface area contributed by atoms with Crippen LogP contribution in [0.2, 0.25) is 0 Å². The zero-order valence-electron chi connectivity index (χ0n) is 10.4. The number of aryl methyl sites for hydroxylation is 1. The topological polar surface area (TPSA) is 92.4 Å². The van der Waals surface area contributed by atoms with Crippen molar-refractivity contribution in [1.82, 2.24) is 5.16 Å². The molecule has 0 radical (unpaired) electrons. The smallest absolute Gasteiger partial charge is 0.336 e. The van der Waals surface area contributed by atoms with Crippen molar-refractivity contribution in [2.75, 3.05) is 5.32 Å². The average molecular weight is 260 g/mol. The Morgan fingerprint density at radius 1 is 1.32 bits per heavy atom. The molecule has 0 fully saturated rings. The second-order valence-electron chi connectivity index (χ2n) is 4.08. The van der Waals surface area contributed by atoms with Gasteiger partial charge in [0.1, 0.15) is 0 Å². The van der Waals surface area contributed by atoms with Crippen molar-refractivity contribution >= 4 is 17.6 Å². The van der Waals surface area contributed by atoms with Gasteiger partial charge in [0, 0.05) is 11.3 Å². The number of carboxylic acid groups (broad SMARTS) is 1. The Hall–Kier alpha value is -2.63. The highest BCUT2D eigenvalue weighted by Gasteiger charge is 2.17. The molecule has 2 aromatic rings. The predicted octanol–water partition coefficient (Wildman–Crippen LogP) is 2.24. The third-order valence-electron chi connectivity index (χ3n) is 2.77. The van der Waals surface area contributed by atoms with Gasteiger partial charge in [-0.25, -0.2) is 4.79 Å². The molecule has 0 atom stereocenters. The van der Waals surface area contributed by atoms with Crippen molar-refractivity contribution in [3.63, 3.8) is 0 Å². The largest absolute Gasteiger partial charge is 0.478 e. The number of carbonyl (C=O) groups excluding carboxylic acids is 1. The second kappa shape index (κ2) is 4.93. The molecule has 98 valence electrons. The molecule has 0 aliphatic heterocycles. The molecule has 1 heterocycles. The summed E-state index contributed by atoms with van der Waals surface area (Å²) in [7, 11) is 0. The number of carboxylic acids is 1. The van der Waals surface area contributed by atoms with E-state index in [-0.39, 0.29) is 11.3 Å². The van der Waals surface area contributed by atoms with Crippen LogP contribution in [0, 0.1) is 13.8 Å². The van der Waals surface area contributed by atoms with E-state index in [0.29, 0.717) is 16.8 Å². The van der Waals surface area contributed by atoms with E-state index in [1.807, 2.05) is 0 Å². The van der Waals surface area contributed by atoms with Crippen LogP contribution < -0.4 is 5.32 Å². The van der Waals surface area contributed by atoms with Gasteiger partial charge in [-0.15, -0.1) is 0 Å². The number of aromatic nitrogens is 1. The van der Waals surface area contributed by atoms with Gasteiger partial charge in [0.25, 0.3) is 5.91 Å². The highest BCUT2D eigenvalue weighted by molar-refractivity contribution is 6.04. The minimum Gasteiger partial charge on any atom is -0.478 e. The van der Waals surface area contributed by atoms with E-state index in [1.54, 1.807) is 26.0 Å². The first-order valence-electron chi connectivity index (χ1n) is 5.56. The molecule has 0 aliphatic carbocycles. The SMILES string of the molecule is Cc1cnoc1C(=O)Nc1cccc(C(=O)O)c1C. The van der Waals surface area contributed by atoms with E-state index in [4.69, 9.17) is 9.63 Å². The van der Waals surface area contributed by atoms with Crippen molar-refractivity contribution in [1.29, 1.82) is 0 Å². The maximum Gasteiger partial charge on any atom is 0.336 e. The van der Waals surface area contributed by atoms with Crippen LogP contribution in [0.3, 0.4) is 0 Å². The van der Waals surface area contributed by atoms with Gasteiger partial charge in [-0.05, 0) is 31.5 Å². The minimum absolute atomic E-state index is 0.111. The zero-order valence-corrected chi connectivity index (χ0v) is 10.4. The summed E-state index contributed by atoms with van der Waals surface area (Å²) in [6.07, 6.45) is 1.44. The molecule has 0 saturated carbocycles. The number of hydrogen-bond acceptors (Lipinski definition) is 4. The Balaban J connectivity index is 2.30. The second-order valence-corrected chi connectivity index (χ2v) is 4.08. The Morgan fingerprint density at radius 3 is 2.63 bits per heavy atom. The lowest BCUT2D eigenvalue weighted by Gasteiger charge is -2.09. The predicted molar refractivity (Wildman–Crippen MR) is 67.3 cm³/mol. The first-order chi connectivity index (χ1) is 9.00. The van der Waals surface area contributed by atoms with E-state index in [9.17, 15) is 9.59 Å². The van der Waals surface area contributed by atoms with Gasteiger partial charge in [-0.2, -0.15) is 0 Å². The van der Waals surface area contributed by atoms with Crippen molar-refractivity contribution in [2.45, 2.75) is 13.8 Å². The van der Waals surface area contributed by atoms with Gasteiger partial charge in [0.05, 0.1) is 11.8 Å². The summed E-state index contributed by atoms with van der Waals surface area (Å²) < 4.78 is 4.84. The van der Waals surface area contributed by atoms with Crippen LogP contribution in [0.4, 0.5) is 5.69 Å². The molecule has 6 heteroatoms. The Bertz CT molecular complexity index is 646. The van der Waals surface area contributed by atoms with Gasteiger partial charge >= 0.3 is 5.97 Å². The summed E-state index contributed by atoms with van der Waals surface area (Å²) in [6, 6.07) is 4.68. The fraction of sp³-hybridized carbons (Fsp3) is 0.154. The first kappa shape index (κ1) is 12.8. The number of carbonyl (C=O) groups is 2. The number of benzene rings is 1. The molecule has 0 bridgehead atoms. The van der Waals surface area contributed by atoms with Crippen LogP contribution in [-0.4, -0.2) is 22.1 Å². The van der Waals surface area contributed by atoms with Crippen molar-refractivity contribution in [3.8, 4) is 0 Å². The van der Waals surface area contributed by atoms with Crippen molar-refractivity contribution in [2.24, 2.45) is 0 Å². The van der Waals surface area contributed by atoms with Crippen LogP contribution in [-0.2, 0) is 0 Å². The van der Waals surface area contributed by atoms with E-state index in [1.165, 1.54) is 12.3 Å². The molecule has 1 amide bonds. The maximum atomic E-state index is 11.9. The van der Waals surface area contributed by atoms with Crippen LogP contribution in [0.25, 0.3) is 0 Å². The molecule has 1 aromatic heterocycles. The van der Waals surface area contributed by atoms with Gasteiger partial charge in [0.15, 0.2) is 0 Å². The lowest BCUT2D eigenvalue weighted by atomic mass is 10.1. The Morgan fingerprint density at radius 2 is 2.05 bits per heavy atom. The van der Waals surface area contributed by atoms with E-state index in [0.717, 1.165) is 0 Å². The molecule has 0 saturated heterocycles. The standard InChI is InChI=1S/C13H12N2O4/c1-7-6-14-19-11(7)12(16)15-10-5-3-4-9(8(10)2)13(17)18/h3-6H,1-2H3,(H,15,16)(H,17,18). The number of amides is 1. The maximum absolute atomic E-state index is 11.9. The lowest BCUT2D eigenvalue weighted by Crippen LogP contribution is -2.14. The van der Waals surface area contributed by atoms with Gasteiger partial charge < -0.3 is 14.9 Å². The fourth-order valence-corrected chi connectivity index (χ4v) is 1.69. The summed E-state index contributed by atoms with van der Waals surface area (Å²) in [6.45, 7) is 3.33. The number of anilines is 1. The van der Waals surface area contributed by atoms with Gasteiger partial charge in [0.2, 0.25) is 5.76 Å². The minimum atomic E-state index is -1.04. The van der Waals surface area contributed by atoms with Gasteiger partial charge in [-0.1, -0.05) is 11.2 Å². The van der Waals surface area contributed by atoms with Crippen LogP contribution >= 0.6 is 0 Å². The van der Waals surface area contributed by atoms with Crippen LogP contribution in [0.15, 0.2) is 28.9 Å². The molecule has 0 unspecified atom stereocenters. The molecule has 6 nitrogen and oxygen atoms in total. The number of hydrogen-bond donors (Lipinski definition) is 2. The summed E-state index contributed by atoms with van der Waals surface area (Å²) in [5.41, 5.74) is 1.68. The Kier molecular flexibility index (Phi) is 3.33. The molecule has 0 spiro atoms. The van der Waals surface area contributed by atoms with Crippen molar-refractivity contribution < 1.29 is 19.2 Å². The summed E-state index contributed by atoms with van der Waals surface area (Å²) >= 11 is 0. The van der Waals surface area contributed by atoms with Crippen LogP contribution in [0.5, 0.6) is 0 Å². The quantitative estimate of drug-likeness (QED) is 0.882. The number of nitrogens with one attached hydrogen (secondary N) is 1. The summed E-state index contributed by atoms with van der Waals surface area (Å²) in [4.78, 5) is 22.9. The zero-order chi connectivity index (χ0) is 14.0. The Labute approximate surface area is 109 Å². The molecule has 1 aromatic carbocycles. The third kappa shape index (κ3) is 2.47. The number of rotatable bonds is 3. The van der Waals surface area contributed by atoms with E-state index < -0.39 is 11.9 Å². The molecular formula is C13H12N2O4. The molecule has 2 N–H and O–H groups in total. The number of nitrogens with zero attached hydrogens (tertiary/aromatic N) is 1. The first-order valence-corrected chi connectivity index (χ1v) is 5.56. The van der Waals surface area contributed by atoms with Gasteiger partial charge in [-0.3, -0.25) is 4.79 Å². The summed E-state index contributed by atoms with van der Waals surface area (Å²) in [5, 5.41) is 15.1. The summed E-state index contributed by atoms with van der Waals surface area (Å²) in [5.74, 6) is -1.38. The fourth-order valence-electron chi connectivity index (χ4n) is 1.69. The lowest BCUT2D eigenvalue weighted by molar-refractivity contribution is 0.0695. The van der Waals surface area contributed by atoms with E-state index >= 15 is 0 Å². The molecule has 2 rings (SSSR count). The normalized spacial score (nSPS) is 10.2. The highest BCUT2D eigenvalue weighted by Crippen LogP contribution is 2.20. The van der Waals surface area contributed by atoms with Crippen molar-refractivity contribution in [3.05, 3.63) is 46.8 Å². The highest BCUT2D eigenvalue weighted by atomic mass is 16.5. The monoisotopic (exact) mass is 260 g/mol. The molecular weight excluding hydrogens is 248 g/mol. The molecule has 0 aliphatic rings. The number of aromatic carboxylic acids is 1.